The van der Waals surface area contributed by atoms with Crippen LogP contribution >= 0.6 is 20.2 Å². The monoisotopic (exact) mass is 376 g/mol. The molecule has 0 aliphatic carbocycles. The molecular formula is C15H25IN2O. The second kappa shape index (κ2) is 7.02. The van der Waals surface area contributed by atoms with Gasteiger partial charge in [-0.05, 0) is 0 Å². The molecular weight excluding hydrogens is 351 g/mol. The van der Waals surface area contributed by atoms with Crippen molar-refractivity contribution >= 4 is 20.2 Å². The number of alkyl halides is 1. The van der Waals surface area contributed by atoms with Crippen molar-refractivity contribution in [3.63, 3.8) is 0 Å². The summed E-state index contributed by atoms with van der Waals surface area (Å²) in [7, 11) is 2.12. The van der Waals surface area contributed by atoms with Crippen LogP contribution in [0.4, 0.5) is 0 Å². The van der Waals surface area contributed by atoms with Gasteiger partial charge in [0.15, 0.2) is 0 Å². The van der Waals surface area contributed by atoms with Crippen molar-refractivity contribution in [2.75, 3.05) is 24.7 Å². The standard InChI is InChI=1S/C15H25IN2O/c1-13-7-9-18(10-8-13)17(3)12-16(19)15-6-4-5-14(2)11-15/h4-6,11,13,19H,7-10,12H2,1-3H3. The third kappa shape index (κ3) is 4.41. The molecule has 1 N–H and O–H groups in total. The van der Waals surface area contributed by atoms with Gasteiger partial charge in [0.1, 0.15) is 0 Å². The Hall–Kier alpha value is -0.170. The molecule has 0 amide bonds. The van der Waals surface area contributed by atoms with E-state index in [2.05, 4.69) is 49.1 Å². The van der Waals surface area contributed by atoms with Gasteiger partial charge in [-0.2, -0.15) is 0 Å². The fourth-order valence-corrected chi connectivity index (χ4v) is 5.62. The predicted octanol–water partition coefficient (Wildman–Crippen LogP) is 3.11. The first-order valence-corrected chi connectivity index (χ1v) is 10.5. The Labute approximate surface area is 124 Å². The molecule has 1 saturated heterocycles. The van der Waals surface area contributed by atoms with Crippen molar-refractivity contribution in [1.29, 1.82) is 0 Å². The summed E-state index contributed by atoms with van der Waals surface area (Å²) in [5.74, 6) is 0.852. The van der Waals surface area contributed by atoms with Crippen molar-refractivity contribution in [2.24, 2.45) is 5.92 Å². The number of rotatable bonds is 4. The van der Waals surface area contributed by atoms with E-state index >= 15 is 0 Å². The molecule has 108 valence electrons. The van der Waals surface area contributed by atoms with Crippen LogP contribution in [0.25, 0.3) is 0 Å². The maximum atomic E-state index is 10.5. The maximum absolute atomic E-state index is 10.5. The molecule has 3 nitrogen and oxygen atoms in total. The van der Waals surface area contributed by atoms with E-state index in [0.29, 0.717) is 0 Å². The fourth-order valence-electron chi connectivity index (χ4n) is 2.39. The van der Waals surface area contributed by atoms with Gasteiger partial charge in [0.2, 0.25) is 0 Å². The van der Waals surface area contributed by atoms with Crippen molar-refractivity contribution < 1.29 is 3.44 Å². The molecule has 1 aliphatic heterocycles. The van der Waals surface area contributed by atoms with Gasteiger partial charge in [0.05, 0.1) is 0 Å². The van der Waals surface area contributed by atoms with E-state index in [1.807, 2.05) is 6.07 Å². The van der Waals surface area contributed by atoms with Crippen LogP contribution in [0.2, 0.25) is 0 Å². The minimum atomic E-state index is -2.03. The molecule has 1 fully saturated rings. The number of hydrazine groups is 1. The fraction of sp³-hybridized carbons (Fsp3) is 0.600. The first kappa shape index (κ1) is 15.2. The van der Waals surface area contributed by atoms with Crippen molar-refractivity contribution in [3.05, 3.63) is 33.4 Å². The summed E-state index contributed by atoms with van der Waals surface area (Å²) >= 11 is -2.03. The third-order valence-electron chi connectivity index (χ3n) is 3.76. The SMILES string of the molecule is Cc1cccc(I(O)CN(C)N2CCC(C)CC2)c1. The van der Waals surface area contributed by atoms with Gasteiger partial charge in [-0.25, -0.2) is 0 Å². The Kier molecular flexibility index (Phi) is 5.62. The van der Waals surface area contributed by atoms with Crippen LogP contribution in [0, 0.1) is 16.4 Å². The number of piperidine rings is 1. The Morgan fingerprint density at radius 2 is 2.05 bits per heavy atom. The summed E-state index contributed by atoms with van der Waals surface area (Å²) in [4.78, 5) is 0. The zero-order valence-corrected chi connectivity index (χ0v) is 14.3. The summed E-state index contributed by atoms with van der Waals surface area (Å²) < 4.78 is 12.5. The summed E-state index contributed by atoms with van der Waals surface area (Å²) in [5.41, 5.74) is 1.24. The van der Waals surface area contributed by atoms with Crippen LogP contribution in [-0.4, -0.2) is 38.1 Å². The molecule has 0 bridgehead atoms. The van der Waals surface area contributed by atoms with Crippen LogP contribution in [0.3, 0.4) is 0 Å². The van der Waals surface area contributed by atoms with Crippen LogP contribution in [0.1, 0.15) is 25.3 Å². The summed E-state index contributed by atoms with van der Waals surface area (Å²) in [5, 5.41) is 4.65. The van der Waals surface area contributed by atoms with E-state index in [-0.39, 0.29) is 0 Å². The molecule has 2 rings (SSSR count). The number of halogens is 1. The third-order valence-corrected chi connectivity index (χ3v) is 7.50. The van der Waals surface area contributed by atoms with Crippen LogP contribution in [-0.2, 0) is 0 Å². The molecule has 4 heteroatoms. The number of aryl methyl sites for hydroxylation is 1. The Balaban J connectivity index is 1.89. The quantitative estimate of drug-likeness (QED) is 0.497. The second-order valence-corrected chi connectivity index (χ2v) is 9.41. The Bertz CT molecular complexity index is 405. The van der Waals surface area contributed by atoms with E-state index < -0.39 is 20.2 Å². The molecule has 0 aromatic heterocycles. The van der Waals surface area contributed by atoms with E-state index in [0.717, 1.165) is 23.6 Å². The summed E-state index contributed by atoms with van der Waals surface area (Å²) in [6.45, 7) is 6.68. The van der Waals surface area contributed by atoms with Crippen molar-refractivity contribution in [3.8, 4) is 0 Å². The van der Waals surface area contributed by atoms with Gasteiger partial charge in [0.25, 0.3) is 0 Å². The van der Waals surface area contributed by atoms with E-state index in [4.69, 9.17) is 0 Å². The van der Waals surface area contributed by atoms with Crippen LogP contribution in [0.5, 0.6) is 0 Å². The minimum absolute atomic E-state index is 0.821. The molecule has 0 unspecified atom stereocenters. The van der Waals surface area contributed by atoms with Gasteiger partial charge >= 0.3 is 124 Å². The molecule has 0 spiro atoms. The summed E-state index contributed by atoms with van der Waals surface area (Å²) in [6, 6.07) is 8.35. The number of hydrogen-bond acceptors (Lipinski definition) is 3. The molecule has 1 aromatic carbocycles. The van der Waals surface area contributed by atoms with Gasteiger partial charge in [-0.3, -0.25) is 0 Å². The van der Waals surface area contributed by atoms with E-state index in [9.17, 15) is 3.44 Å². The van der Waals surface area contributed by atoms with Crippen molar-refractivity contribution in [1.82, 2.24) is 10.0 Å². The predicted molar refractivity (Wildman–Crippen MR) is 88.7 cm³/mol. The first-order valence-electron chi connectivity index (χ1n) is 6.94. The Morgan fingerprint density at radius 3 is 2.68 bits per heavy atom. The Morgan fingerprint density at radius 1 is 1.37 bits per heavy atom. The molecule has 1 aromatic rings. The van der Waals surface area contributed by atoms with Gasteiger partial charge < -0.3 is 0 Å². The average molecular weight is 376 g/mol. The molecule has 1 heterocycles. The molecule has 0 saturated carbocycles. The molecule has 0 radical (unpaired) electrons. The number of nitrogens with zero attached hydrogens (tertiary/aromatic N) is 2. The average Bonchev–Trinajstić information content (AvgIpc) is 2.39. The molecule has 19 heavy (non-hydrogen) atoms. The van der Waals surface area contributed by atoms with Crippen LogP contribution < -0.4 is 0 Å². The first-order chi connectivity index (χ1) is 9.06. The normalized spacial score (nSPS) is 18.9. The zero-order chi connectivity index (χ0) is 13.8. The summed E-state index contributed by atoms with van der Waals surface area (Å²) in [6.07, 6.45) is 2.54. The topological polar surface area (TPSA) is 26.7 Å². The van der Waals surface area contributed by atoms with Gasteiger partial charge in [-0.15, -0.1) is 0 Å². The zero-order valence-electron chi connectivity index (χ0n) is 12.1. The number of hydrogen-bond donors (Lipinski definition) is 1. The van der Waals surface area contributed by atoms with Crippen molar-refractivity contribution in [2.45, 2.75) is 26.7 Å². The van der Waals surface area contributed by atoms with Gasteiger partial charge in [0, 0.05) is 0 Å². The van der Waals surface area contributed by atoms with Gasteiger partial charge in [-0.1, -0.05) is 0 Å². The van der Waals surface area contributed by atoms with E-state index in [1.165, 1.54) is 22.0 Å². The van der Waals surface area contributed by atoms with E-state index in [1.54, 1.807) is 0 Å². The molecule has 1 aliphatic rings. The molecule has 0 atom stereocenters. The number of benzene rings is 1. The van der Waals surface area contributed by atoms with Crippen LogP contribution in [0.15, 0.2) is 24.3 Å². The second-order valence-electron chi connectivity index (χ2n) is 5.55.